The normalized spacial score (nSPS) is 20.6. The van der Waals surface area contributed by atoms with Crippen molar-refractivity contribution in [2.24, 2.45) is 4.99 Å². The van der Waals surface area contributed by atoms with Crippen LogP contribution < -0.4 is 4.90 Å². The van der Waals surface area contributed by atoms with Gasteiger partial charge in [-0.15, -0.1) is 11.6 Å². The van der Waals surface area contributed by atoms with Gasteiger partial charge in [-0.1, -0.05) is 41.9 Å². The summed E-state index contributed by atoms with van der Waals surface area (Å²) >= 11 is 12.7. The Bertz CT molecular complexity index is 683. The molecule has 1 atom stereocenters. The molecule has 0 N–H and O–H groups in total. The van der Waals surface area contributed by atoms with Gasteiger partial charge in [0, 0.05) is 34.9 Å². The molecule has 0 amide bonds. The van der Waals surface area contributed by atoms with Crippen LogP contribution in [0.25, 0.3) is 0 Å². The number of fused-ring (bicyclic) bond motifs is 1. The SMILES string of the molecule is CCN1CC(Cl)C/N=C(/c2ccccc2)c2cc(Cl)ccc21. The van der Waals surface area contributed by atoms with Crippen LogP contribution in [0.5, 0.6) is 0 Å². The maximum Gasteiger partial charge on any atom is 0.0740 e. The summed E-state index contributed by atoms with van der Waals surface area (Å²) in [5, 5.41) is 0.726. The van der Waals surface area contributed by atoms with E-state index in [1.807, 2.05) is 30.3 Å². The predicted molar refractivity (Wildman–Crippen MR) is 95.9 cm³/mol. The first-order chi connectivity index (χ1) is 10.7. The second-order valence-electron chi connectivity index (χ2n) is 5.35. The van der Waals surface area contributed by atoms with Gasteiger partial charge < -0.3 is 4.90 Å². The lowest BCUT2D eigenvalue weighted by Crippen LogP contribution is -2.34. The molecule has 0 saturated heterocycles. The van der Waals surface area contributed by atoms with Crippen LogP contribution in [0.2, 0.25) is 5.02 Å². The second-order valence-corrected chi connectivity index (χ2v) is 6.41. The Morgan fingerprint density at radius 3 is 2.68 bits per heavy atom. The van der Waals surface area contributed by atoms with Crippen LogP contribution in [0.15, 0.2) is 53.5 Å². The standard InChI is InChI=1S/C18H18Cl2N2/c1-2-22-12-15(20)11-21-18(13-6-4-3-5-7-13)16-10-14(19)8-9-17(16)22/h3-10,15H,2,11-12H2,1H3/b21-18-. The highest BCUT2D eigenvalue weighted by Crippen LogP contribution is 2.29. The summed E-state index contributed by atoms with van der Waals surface area (Å²) in [5.74, 6) is 0. The Morgan fingerprint density at radius 1 is 1.18 bits per heavy atom. The summed E-state index contributed by atoms with van der Waals surface area (Å²) in [5.41, 5.74) is 4.26. The van der Waals surface area contributed by atoms with Gasteiger partial charge in [-0.25, -0.2) is 0 Å². The summed E-state index contributed by atoms with van der Waals surface area (Å²) in [6.07, 6.45) is 0. The Labute approximate surface area is 141 Å². The lowest BCUT2D eigenvalue weighted by Gasteiger charge is -2.30. The first-order valence-corrected chi connectivity index (χ1v) is 8.29. The molecule has 0 aliphatic carbocycles. The quantitative estimate of drug-likeness (QED) is 0.732. The van der Waals surface area contributed by atoms with Crippen LogP contribution in [0.4, 0.5) is 5.69 Å². The van der Waals surface area contributed by atoms with Gasteiger partial charge in [-0.2, -0.15) is 0 Å². The molecule has 0 saturated carbocycles. The summed E-state index contributed by atoms with van der Waals surface area (Å²) in [7, 11) is 0. The van der Waals surface area contributed by atoms with Crippen LogP contribution in [0.1, 0.15) is 18.1 Å². The molecule has 2 nitrogen and oxygen atoms in total. The molecule has 1 heterocycles. The van der Waals surface area contributed by atoms with E-state index in [1.54, 1.807) is 0 Å². The number of nitrogens with zero attached hydrogens (tertiary/aromatic N) is 2. The van der Waals surface area contributed by atoms with Crippen molar-refractivity contribution < 1.29 is 0 Å². The molecule has 3 rings (SSSR count). The number of benzene rings is 2. The third-order valence-corrected chi connectivity index (χ3v) is 4.36. The molecular weight excluding hydrogens is 315 g/mol. The number of hydrogen-bond donors (Lipinski definition) is 0. The number of anilines is 1. The van der Waals surface area contributed by atoms with Crippen molar-refractivity contribution in [1.82, 2.24) is 0 Å². The molecule has 2 aromatic carbocycles. The average Bonchev–Trinajstić information content (AvgIpc) is 2.53. The largest absolute Gasteiger partial charge is 0.370 e. The molecule has 0 radical (unpaired) electrons. The topological polar surface area (TPSA) is 15.6 Å². The minimum Gasteiger partial charge on any atom is -0.370 e. The minimum absolute atomic E-state index is 0.00231. The van der Waals surface area contributed by atoms with Gasteiger partial charge in [0.15, 0.2) is 0 Å². The maximum absolute atomic E-state index is 6.44. The van der Waals surface area contributed by atoms with Crippen molar-refractivity contribution in [2.75, 3.05) is 24.5 Å². The number of halogens is 2. The van der Waals surface area contributed by atoms with Crippen LogP contribution in [0.3, 0.4) is 0 Å². The molecule has 1 unspecified atom stereocenters. The fourth-order valence-corrected chi connectivity index (χ4v) is 3.19. The predicted octanol–water partition coefficient (Wildman–Crippen LogP) is 4.62. The molecule has 1 aliphatic heterocycles. The van der Waals surface area contributed by atoms with Crippen LogP contribution in [-0.4, -0.2) is 30.7 Å². The van der Waals surface area contributed by atoms with Crippen LogP contribution >= 0.6 is 23.2 Å². The number of hydrogen-bond acceptors (Lipinski definition) is 2. The highest BCUT2D eigenvalue weighted by molar-refractivity contribution is 6.31. The Balaban J connectivity index is 2.19. The van der Waals surface area contributed by atoms with E-state index < -0.39 is 0 Å². The fourth-order valence-electron chi connectivity index (χ4n) is 2.79. The Hall–Kier alpha value is -1.51. The highest BCUT2D eigenvalue weighted by Gasteiger charge is 2.21. The van der Waals surface area contributed by atoms with Gasteiger partial charge in [-0.05, 0) is 25.1 Å². The zero-order valence-electron chi connectivity index (χ0n) is 12.5. The van der Waals surface area contributed by atoms with Crippen molar-refractivity contribution >= 4 is 34.6 Å². The van der Waals surface area contributed by atoms with E-state index in [-0.39, 0.29) is 5.38 Å². The van der Waals surface area contributed by atoms with E-state index in [2.05, 4.69) is 30.0 Å². The molecule has 4 heteroatoms. The molecule has 0 spiro atoms. The smallest absolute Gasteiger partial charge is 0.0740 e. The van der Waals surface area contributed by atoms with Crippen molar-refractivity contribution in [3.8, 4) is 0 Å². The van der Waals surface area contributed by atoms with Crippen LogP contribution in [-0.2, 0) is 0 Å². The van der Waals surface area contributed by atoms with Gasteiger partial charge in [0.05, 0.1) is 17.6 Å². The van der Waals surface area contributed by atoms with E-state index in [9.17, 15) is 0 Å². The monoisotopic (exact) mass is 332 g/mol. The molecule has 22 heavy (non-hydrogen) atoms. The lowest BCUT2D eigenvalue weighted by molar-refractivity contribution is 0.756. The summed E-state index contributed by atoms with van der Waals surface area (Å²) in [4.78, 5) is 7.08. The lowest BCUT2D eigenvalue weighted by atomic mass is 9.99. The maximum atomic E-state index is 6.44. The van der Waals surface area contributed by atoms with Gasteiger partial charge >= 0.3 is 0 Å². The molecule has 114 valence electrons. The fraction of sp³-hybridized carbons (Fsp3) is 0.278. The number of rotatable bonds is 2. The van der Waals surface area contributed by atoms with E-state index in [4.69, 9.17) is 28.2 Å². The first-order valence-electron chi connectivity index (χ1n) is 7.48. The van der Waals surface area contributed by atoms with Crippen molar-refractivity contribution in [1.29, 1.82) is 0 Å². The van der Waals surface area contributed by atoms with Crippen molar-refractivity contribution in [2.45, 2.75) is 12.3 Å². The third-order valence-electron chi connectivity index (χ3n) is 3.85. The zero-order chi connectivity index (χ0) is 15.5. The molecular formula is C18H18Cl2N2. The Kier molecular flexibility index (Phi) is 4.70. The van der Waals surface area contributed by atoms with Crippen molar-refractivity contribution in [3.05, 3.63) is 64.7 Å². The first kappa shape index (κ1) is 15.4. The summed E-state index contributed by atoms with van der Waals surface area (Å²) in [6, 6.07) is 16.2. The van der Waals surface area contributed by atoms with Gasteiger partial charge in [0.1, 0.15) is 0 Å². The van der Waals surface area contributed by atoms with Gasteiger partial charge in [0.2, 0.25) is 0 Å². The average molecular weight is 333 g/mol. The van der Waals surface area contributed by atoms with E-state index in [1.165, 1.54) is 0 Å². The van der Waals surface area contributed by atoms with Gasteiger partial charge in [0.25, 0.3) is 0 Å². The second kappa shape index (κ2) is 6.72. The molecule has 0 fully saturated rings. The molecule has 1 aliphatic rings. The summed E-state index contributed by atoms with van der Waals surface area (Å²) < 4.78 is 0. The third kappa shape index (κ3) is 3.13. The van der Waals surface area contributed by atoms with E-state index in [0.717, 1.165) is 40.6 Å². The minimum atomic E-state index is 0.00231. The molecule has 0 aromatic heterocycles. The molecule has 0 bridgehead atoms. The number of aliphatic imine (C=N–C) groups is 1. The highest BCUT2D eigenvalue weighted by atomic mass is 35.5. The molecule has 2 aromatic rings. The number of alkyl halides is 1. The van der Waals surface area contributed by atoms with Gasteiger partial charge in [-0.3, -0.25) is 4.99 Å². The zero-order valence-corrected chi connectivity index (χ0v) is 14.0. The van der Waals surface area contributed by atoms with E-state index >= 15 is 0 Å². The van der Waals surface area contributed by atoms with Crippen LogP contribution in [0, 0.1) is 0 Å². The van der Waals surface area contributed by atoms with Crippen molar-refractivity contribution in [3.63, 3.8) is 0 Å². The summed E-state index contributed by atoms with van der Waals surface area (Å²) in [6.45, 7) is 4.44. The Morgan fingerprint density at radius 2 is 1.95 bits per heavy atom. The van der Waals surface area contributed by atoms with E-state index in [0.29, 0.717) is 6.54 Å².